The summed E-state index contributed by atoms with van der Waals surface area (Å²) in [5.74, 6) is -1.14. The Hall–Kier alpha value is -2.48. The highest BCUT2D eigenvalue weighted by Gasteiger charge is 2.26. The fraction of sp³-hybridized carbons (Fsp3) is 0.421. The van der Waals surface area contributed by atoms with Gasteiger partial charge in [-0.3, -0.25) is 5.10 Å². The Morgan fingerprint density at radius 2 is 2.00 bits per heavy atom. The predicted molar refractivity (Wildman–Crippen MR) is 102 cm³/mol. The van der Waals surface area contributed by atoms with Crippen molar-refractivity contribution in [2.45, 2.75) is 45.5 Å². The van der Waals surface area contributed by atoms with Crippen molar-refractivity contribution in [2.75, 3.05) is 0 Å². The molecule has 3 rings (SSSR count). The molecule has 0 aliphatic heterocycles. The van der Waals surface area contributed by atoms with Gasteiger partial charge in [0.05, 0.1) is 5.52 Å². The van der Waals surface area contributed by atoms with Crippen LogP contribution in [0.15, 0.2) is 12.1 Å². The molecule has 0 spiro atoms. The number of carbonyl (C=O) groups is 1. The number of H-pyrrole nitrogens is 1. The molecule has 0 atom stereocenters. The fourth-order valence-corrected chi connectivity index (χ4v) is 3.73. The van der Waals surface area contributed by atoms with Gasteiger partial charge < -0.3 is 9.67 Å². The topological polar surface area (TPSA) is 83.8 Å². The van der Waals surface area contributed by atoms with Gasteiger partial charge in [0.2, 0.25) is 0 Å². The number of hydrogen-bond donors (Lipinski definition) is 2. The zero-order valence-electron chi connectivity index (χ0n) is 16.0. The Morgan fingerprint density at radius 1 is 1.32 bits per heavy atom. The Kier molecular flexibility index (Phi) is 5.18. The Bertz CT molecular complexity index is 1050. The number of benzene rings is 1. The number of fused-ring (bicyclic) bond motifs is 1. The molecule has 2 aromatic heterocycles. The summed E-state index contributed by atoms with van der Waals surface area (Å²) in [6.45, 7) is 6.19. The van der Waals surface area contributed by atoms with Crippen molar-refractivity contribution in [1.82, 2.24) is 19.7 Å². The third kappa shape index (κ3) is 3.61. The molecule has 150 valence electrons. The zero-order chi connectivity index (χ0) is 20.8. The van der Waals surface area contributed by atoms with E-state index in [9.17, 15) is 18.7 Å². The maximum Gasteiger partial charge on any atom is 0.354 e. The average molecular weight is 411 g/mol. The number of nitrogens with zero attached hydrogens (tertiary/aromatic N) is 3. The fourth-order valence-electron chi connectivity index (χ4n) is 3.28. The summed E-state index contributed by atoms with van der Waals surface area (Å²) in [4.78, 5) is 15.2. The van der Waals surface area contributed by atoms with E-state index in [4.69, 9.17) is 11.6 Å². The molecule has 0 unspecified atom stereocenters. The number of nitrogens with one attached hydrogen (secondary N) is 1. The molecular formula is C19H21ClF2N4O2. The van der Waals surface area contributed by atoms with Crippen LogP contribution in [0, 0.1) is 0 Å². The SMILES string of the molecule is Cn1c(CCc2[nH]nc3cc(Cl)c(C(C)(C)C)cc23)nc(C(F)F)c1C(=O)O. The quantitative estimate of drug-likeness (QED) is 0.640. The Morgan fingerprint density at radius 3 is 2.54 bits per heavy atom. The molecule has 2 heterocycles. The molecule has 0 fully saturated rings. The summed E-state index contributed by atoms with van der Waals surface area (Å²) in [6.07, 6.45) is -2.22. The number of hydrogen-bond acceptors (Lipinski definition) is 3. The average Bonchev–Trinajstić information content (AvgIpc) is 3.11. The van der Waals surface area contributed by atoms with Crippen LogP contribution in [0.1, 0.15) is 60.5 Å². The second-order valence-electron chi connectivity index (χ2n) is 7.73. The van der Waals surface area contributed by atoms with E-state index in [1.54, 1.807) is 6.07 Å². The van der Waals surface area contributed by atoms with Gasteiger partial charge in [-0.05, 0) is 29.5 Å². The number of carboxylic acid groups (broad SMARTS) is 1. The summed E-state index contributed by atoms with van der Waals surface area (Å²) in [7, 11) is 1.43. The molecule has 9 heteroatoms. The minimum Gasteiger partial charge on any atom is -0.477 e. The number of aromatic amines is 1. The first-order valence-electron chi connectivity index (χ1n) is 8.74. The highest BCUT2D eigenvalue weighted by atomic mass is 35.5. The second kappa shape index (κ2) is 7.16. The third-order valence-electron chi connectivity index (χ3n) is 4.75. The van der Waals surface area contributed by atoms with Crippen molar-refractivity contribution in [3.63, 3.8) is 0 Å². The lowest BCUT2D eigenvalue weighted by Crippen LogP contribution is -2.11. The molecule has 1 aromatic carbocycles. The van der Waals surface area contributed by atoms with Gasteiger partial charge in [-0.15, -0.1) is 0 Å². The largest absolute Gasteiger partial charge is 0.477 e. The third-order valence-corrected chi connectivity index (χ3v) is 5.07. The maximum atomic E-state index is 13.1. The molecule has 6 nitrogen and oxygen atoms in total. The van der Waals surface area contributed by atoms with Gasteiger partial charge in [0.15, 0.2) is 5.69 Å². The number of aryl methyl sites for hydroxylation is 2. The van der Waals surface area contributed by atoms with Crippen LogP contribution >= 0.6 is 11.6 Å². The summed E-state index contributed by atoms with van der Waals surface area (Å²) in [5, 5.41) is 18.0. The molecule has 0 bridgehead atoms. The van der Waals surface area contributed by atoms with Crippen LogP contribution in [0.5, 0.6) is 0 Å². The molecule has 0 amide bonds. The van der Waals surface area contributed by atoms with Crippen molar-refractivity contribution >= 4 is 28.5 Å². The van der Waals surface area contributed by atoms with Gasteiger partial charge in [-0.1, -0.05) is 32.4 Å². The number of imidazole rings is 1. The van der Waals surface area contributed by atoms with Crippen LogP contribution < -0.4 is 0 Å². The van der Waals surface area contributed by atoms with Crippen LogP contribution in [0.3, 0.4) is 0 Å². The van der Waals surface area contributed by atoms with Gasteiger partial charge >= 0.3 is 5.97 Å². The molecule has 0 saturated carbocycles. The van der Waals surface area contributed by atoms with Gasteiger partial charge in [0.25, 0.3) is 6.43 Å². The first kappa shape index (κ1) is 20.3. The van der Waals surface area contributed by atoms with Gasteiger partial charge in [0, 0.05) is 29.6 Å². The van der Waals surface area contributed by atoms with E-state index < -0.39 is 23.8 Å². The standard InChI is InChI=1S/C19H21ClF2N4O2/c1-19(2,3)10-7-9-12(24-25-13(9)8-11(10)20)5-6-14-23-15(17(21)22)16(18(27)28)26(14)4/h7-8,17H,5-6H2,1-4H3,(H,24,25)(H,27,28). The van der Waals surface area contributed by atoms with E-state index in [0.717, 1.165) is 16.6 Å². The van der Waals surface area contributed by atoms with Crippen LogP contribution in [0.2, 0.25) is 5.02 Å². The van der Waals surface area contributed by atoms with Gasteiger partial charge in [0.1, 0.15) is 11.5 Å². The summed E-state index contributed by atoms with van der Waals surface area (Å²) < 4.78 is 27.5. The van der Waals surface area contributed by atoms with E-state index in [2.05, 4.69) is 36.0 Å². The second-order valence-corrected chi connectivity index (χ2v) is 8.14. The highest BCUT2D eigenvalue weighted by molar-refractivity contribution is 6.32. The normalized spacial score (nSPS) is 12.3. The number of rotatable bonds is 5. The number of alkyl halides is 2. The molecule has 28 heavy (non-hydrogen) atoms. The number of aromatic nitrogens is 4. The summed E-state index contributed by atoms with van der Waals surface area (Å²) >= 11 is 6.38. The summed E-state index contributed by atoms with van der Waals surface area (Å²) in [6, 6.07) is 3.79. The van der Waals surface area contributed by atoms with Crippen molar-refractivity contribution < 1.29 is 18.7 Å². The first-order chi connectivity index (χ1) is 13.0. The van der Waals surface area contributed by atoms with E-state index in [0.29, 0.717) is 17.0 Å². The lowest BCUT2D eigenvalue weighted by molar-refractivity contribution is 0.0672. The molecule has 3 aromatic rings. The molecule has 2 N–H and O–H groups in total. The highest BCUT2D eigenvalue weighted by Crippen LogP contribution is 2.33. The van der Waals surface area contributed by atoms with Crippen molar-refractivity contribution in [1.29, 1.82) is 0 Å². The van der Waals surface area contributed by atoms with Crippen LogP contribution in [0.4, 0.5) is 8.78 Å². The number of halogens is 3. The predicted octanol–water partition coefficient (Wildman–Crippen LogP) is 4.67. The van der Waals surface area contributed by atoms with E-state index in [1.165, 1.54) is 11.6 Å². The number of carboxylic acids is 1. The van der Waals surface area contributed by atoms with E-state index in [1.807, 2.05) is 6.07 Å². The van der Waals surface area contributed by atoms with Gasteiger partial charge in [-0.2, -0.15) is 5.10 Å². The van der Waals surface area contributed by atoms with Crippen molar-refractivity contribution in [3.8, 4) is 0 Å². The van der Waals surface area contributed by atoms with Gasteiger partial charge in [-0.25, -0.2) is 18.6 Å². The Balaban J connectivity index is 1.95. The molecule has 0 saturated heterocycles. The van der Waals surface area contributed by atoms with Crippen LogP contribution in [-0.2, 0) is 25.3 Å². The zero-order valence-corrected chi connectivity index (χ0v) is 16.7. The molecule has 0 aliphatic carbocycles. The van der Waals surface area contributed by atoms with Crippen molar-refractivity contribution in [2.24, 2.45) is 7.05 Å². The molecular weight excluding hydrogens is 390 g/mol. The minimum atomic E-state index is -2.95. The lowest BCUT2D eigenvalue weighted by atomic mass is 9.86. The Labute approximate surface area is 165 Å². The van der Waals surface area contributed by atoms with Crippen LogP contribution in [0.25, 0.3) is 10.9 Å². The maximum absolute atomic E-state index is 13.1. The monoisotopic (exact) mass is 410 g/mol. The lowest BCUT2D eigenvalue weighted by Gasteiger charge is -2.20. The molecule has 0 radical (unpaired) electrons. The van der Waals surface area contributed by atoms with Crippen LogP contribution in [-0.4, -0.2) is 30.8 Å². The van der Waals surface area contributed by atoms with Crippen molar-refractivity contribution in [3.05, 3.63) is 45.6 Å². The number of aromatic carboxylic acids is 1. The minimum absolute atomic E-state index is 0.151. The van der Waals surface area contributed by atoms with E-state index >= 15 is 0 Å². The van der Waals surface area contributed by atoms with E-state index in [-0.39, 0.29) is 17.7 Å². The smallest absolute Gasteiger partial charge is 0.354 e. The summed E-state index contributed by atoms with van der Waals surface area (Å²) in [5.41, 5.74) is 1.17. The first-order valence-corrected chi connectivity index (χ1v) is 9.12. The molecule has 0 aliphatic rings.